The van der Waals surface area contributed by atoms with E-state index in [9.17, 15) is 18.7 Å². The van der Waals surface area contributed by atoms with Gasteiger partial charge in [-0.15, -0.1) is 0 Å². The minimum Gasteiger partial charge on any atom is -0.479 e. The zero-order valence-electron chi connectivity index (χ0n) is 10.7. The van der Waals surface area contributed by atoms with Crippen LogP contribution in [0.1, 0.15) is 12.5 Å². The van der Waals surface area contributed by atoms with Gasteiger partial charge in [0.1, 0.15) is 11.6 Å². The average Bonchev–Trinajstić information content (AvgIpc) is 2.41. The molecule has 104 valence electrons. The van der Waals surface area contributed by atoms with Crippen LogP contribution in [0, 0.1) is 11.6 Å². The summed E-state index contributed by atoms with van der Waals surface area (Å²) >= 11 is 0. The molecule has 0 aliphatic heterocycles. The maximum absolute atomic E-state index is 13.8. The lowest BCUT2D eigenvalue weighted by Gasteiger charge is -2.28. The Balaban J connectivity index is 2.43. The van der Waals surface area contributed by atoms with Crippen molar-refractivity contribution in [1.82, 2.24) is 0 Å². The van der Waals surface area contributed by atoms with Crippen molar-refractivity contribution >= 4 is 11.7 Å². The summed E-state index contributed by atoms with van der Waals surface area (Å²) in [5.41, 5.74) is -1.25. The van der Waals surface area contributed by atoms with E-state index >= 15 is 0 Å². The Bertz CT molecular complexity index is 628. The molecule has 0 aromatic heterocycles. The highest BCUT2D eigenvalue weighted by molar-refractivity contribution is 5.84. The summed E-state index contributed by atoms with van der Waals surface area (Å²) in [4.78, 5) is 11.5. The lowest BCUT2D eigenvalue weighted by atomic mass is 9.91. The molecule has 5 heteroatoms. The number of halogens is 2. The van der Waals surface area contributed by atoms with Crippen molar-refractivity contribution in [3.63, 3.8) is 0 Å². The molecule has 0 saturated carbocycles. The molecular weight excluding hydrogens is 264 g/mol. The SMILES string of the molecule is CC(Nc1ccc(F)cc1)(C(=O)O)c1ccccc1F. The number of aliphatic carboxylic acids is 1. The van der Waals surface area contributed by atoms with Crippen LogP contribution in [0.5, 0.6) is 0 Å². The van der Waals surface area contributed by atoms with Gasteiger partial charge in [-0.1, -0.05) is 18.2 Å². The number of rotatable bonds is 4. The number of hydrogen-bond acceptors (Lipinski definition) is 2. The Kier molecular flexibility index (Phi) is 3.70. The number of nitrogens with one attached hydrogen (secondary N) is 1. The molecule has 2 aromatic rings. The van der Waals surface area contributed by atoms with Gasteiger partial charge >= 0.3 is 5.97 Å². The minimum absolute atomic E-state index is 0.0109. The van der Waals surface area contributed by atoms with E-state index < -0.39 is 23.1 Å². The van der Waals surface area contributed by atoms with E-state index in [0.29, 0.717) is 5.69 Å². The summed E-state index contributed by atoms with van der Waals surface area (Å²) in [6.45, 7) is 1.36. The van der Waals surface area contributed by atoms with Crippen molar-refractivity contribution in [2.24, 2.45) is 0 Å². The van der Waals surface area contributed by atoms with Crippen LogP contribution in [-0.2, 0) is 10.3 Å². The molecule has 0 fully saturated rings. The van der Waals surface area contributed by atoms with Gasteiger partial charge in [0.15, 0.2) is 5.54 Å². The van der Waals surface area contributed by atoms with Crippen molar-refractivity contribution in [2.45, 2.75) is 12.5 Å². The molecule has 0 spiro atoms. The molecule has 20 heavy (non-hydrogen) atoms. The fraction of sp³-hybridized carbons (Fsp3) is 0.133. The van der Waals surface area contributed by atoms with Crippen LogP contribution in [0.3, 0.4) is 0 Å². The van der Waals surface area contributed by atoms with Gasteiger partial charge in [-0.25, -0.2) is 13.6 Å². The van der Waals surface area contributed by atoms with Gasteiger partial charge in [-0.3, -0.25) is 0 Å². The first-order valence-corrected chi connectivity index (χ1v) is 5.95. The number of benzene rings is 2. The Hall–Kier alpha value is -2.43. The second-order valence-corrected chi connectivity index (χ2v) is 4.54. The van der Waals surface area contributed by atoms with Gasteiger partial charge in [-0.2, -0.15) is 0 Å². The Morgan fingerprint density at radius 1 is 1.10 bits per heavy atom. The molecular formula is C15H13F2NO2. The summed E-state index contributed by atoms with van der Waals surface area (Å²) in [5, 5.41) is 12.2. The average molecular weight is 277 g/mol. The van der Waals surface area contributed by atoms with E-state index in [1.807, 2.05) is 0 Å². The second-order valence-electron chi connectivity index (χ2n) is 4.54. The van der Waals surface area contributed by atoms with Crippen molar-refractivity contribution < 1.29 is 18.7 Å². The fourth-order valence-corrected chi connectivity index (χ4v) is 1.92. The van der Waals surface area contributed by atoms with Gasteiger partial charge < -0.3 is 10.4 Å². The fourth-order valence-electron chi connectivity index (χ4n) is 1.92. The molecule has 0 radical (unpaired) electrons. The summed E-state index contributed by atoms with van der Waals surface area (Å²) in [7, 11) is 0. The van der Waals surface area contributed by atoms with Gasteiger partial charge in [0.25, 0.3) is 0 Å². The predicted octanol–water partition coefficient (Wildman–Crippen LogP) is 3.38. The zero-order valence-corrected chi connectivity index (χ0v) is 10.7. The molecule has 2 N–H and O–H groups in total. The molecule has 2 aromatic carbocycles. The predicted molar refractivity (Wildman–Crippen MR) is 71.4 cm³/mol. The highest BCUT2D eigenvalue weighted by Gasteiger charge is 2.37. The third-order valence-electron chi connectivity index (χ3n) is 3.08. The highest BCUT2D eigenvalue weighted by Crippen LogP contribution is 2.28. The number of carboxylic acid groups (broad SMARTS) is 1. The van der Waals surface area contributed by atoms with Crippen molar-refractivity contribution in [3.8, 4) is 0 Å². The molecule has 1 atom stereocenters. The number of carbonyl (C=O) groups is 1. The molecule has 3 nitrogen and oxygen atoms in total. The van der Waals surface area contributed by atoms with E-state index in [0.717, 1.165) is 0 Å². The maximum atomic E-state index is 13.8. The first-order valence-electron chi connectivity index (χ1n) is 5.95. The van der Waals surface area contributed by atoms with Gasteiger partial charge in [0, 0.05) is 11.3 Å². The Labute approximate surface area is 114 Å². The standard InChI is InChI=1S/C15H13F2NO2/c1-15(14(19)20,12-4-2-3-5-13(12)17)18-11-8-6-10(16)7-9-11/h2-9,18H,1H3,(H,19,20). The van der Waals surface area contributed by atoms with Gasteiger partial charge in [-0.05, 0) is 37.3 Å². The lowest BCUT2D eigenvalue weighted by Crippen LogP contribution is -2.41. The maximum Gasteiger partial charge on any atom is 0.333 e. The summed E-state index contributed by atoms with van der Waals surface area (Å²) < 4.78 is 26.7. The van der Waals surface area contributed by atoms with Crippen LogP contribution in [0.25, 0.3) is 0 Å². The Morgan fingerprint density at radius 3 is 2.25 bits per heavy atom. The molecule has 0 heterocycles. The van der Waals surface area contributed by atoms with Crippen molar-refractivity contribution in [3.05, 3.63) is 65.7 Å². The van der Waals surface area contributed by atoms with Crippen LogP contribution in [0.4, 0.5) is 14.5 Å². The van der Waals surface area contributed by atoms with E-state index in [-0.39, 0.29) is 5.56 Å². The van der Waals surface area contributed by atoms with Crippen LogP contribution in [0.15, 0.2) is 48.5 Å². The van der Waals surface area contributed by atoms with Crippen LogP contribution in [-0.4, -0.2) is 11.1 Å². The molecule has 0 bridgehead atoms. The van der Waals surface area contributed by atoms with Crippen molar-refractivity contribution in [2.75, 3.05) is 5.32 Å². The quantitative estimate of drug-likeness (QED) is 0.900. The van der Waals surface area contributed by atoms with E-state index in [1.54, 1.807) is 6.07 Å². The van der Waals surface area contributed by atoms with E-state index in [4.69, 9.17) is 0 Å². The van der Waals surface area contributed by atoms with Crippen molar-refractivity contribution in [1.29, 1.82) is 0 Å². The minimum atomic E-state index is -1.65. The number of anilines is 1. The second kappa shape index (κ2) is 5.28. The smallest absolute Gasteiger partial charge is 0.333 e. The molecule has 0 aliphatic carbocycles. The third kappa shape index (κ3) is 2.61. The topological polar surface area (TPSA) is 49.3 Å². The zero-order chi connectivity index (χ0) is 14.8. The van der Waals surface area contributed by atoms with Gasteiger partial charge in [0.2, 0.25) is 0 Å². The summed E-state index contributed by atoms with van der Waals surface area (Å²) in [6, 6.07) is 10.8. The first-order chi connectivity index (χ1) is 9.43. The normalized spacial score (nSPS) is 13.6. The molecule has 1 unspecified atom stereocenters. The van der Waals surface area contributed by atoms with Crippen LogP contribution < -0.4 is 5.32 Å². The van der Waals surface area contributed by atoms with E-state index in [2.05, 4.69) is 5.32 Å². The molecule has 2 rings (SSSR count). The van der Waals surface area contributed by atoms with Crippen LogP contribution in [0.2, 0.25) is 0 Å². The number of hydrogen-bond donors (Lipinski definition) is 2. The molecule has 0 amide bonds. The molecule has 0 saturated heterocycles. The summed E-state index contributed by atoms with van der Waals surface area (Å²) in [6.07, 6.45) is 0. The monoisotopic (exact) mass is 277 g/mol. The van der Waals surface area contributed by atoms with Gasteiger partial charge in [0.05, 0.1) is 0 Å². The highest BCUT2D eigenvalue weighted by atomic mass is 19.1. The third-order valence-corrected chi connectivity index (χ3v) is 3.08. The Morgan fingerprint density at radius 2 is 1.70 bits per heavy atom. The largest absolute Gasteiger partial charge is 0.479 e. The van der Waals surface area contributed by atoms with E-state index in [1.165, 1.54) is 49.4 Å². The van der Waals surface area contributed by atoms with Crippen LogP contribution >= 0.6 is 0 Å². The summed E-state index contributed by atoms with van der Waals surface area (Å²) in [5.74, 6) is -2.28. The molecule has 0 aliphatic rings. The first kappa shape index (κ1) is 14.0. The lowest BCUT2D eigenvalue weighted by molar-refractivity contribution is -0.142. The number of carboxylic acids is 1.